The molecule has 0 amide bonds. The highest BCUT2D eigenvalue weighted by Gasteiger charge is 2.27. The Hall–Kier alpha value is -3.55. The summed E-state index contributed by atoms with van der Waals surface area (Å²) < 4.78 is 5.41. The third-order valence-corrected chi connectivity index (χ3v) is 4.52. The molecule has 3 rings (SSSR count). The quantitative estimate of drug-likeness (QED) is 0.600. The van der Waals surface area contributed by atoms with Gasteiger partial charge in [-0.1, -0.05) is 6.58 Å². The monoisotopic (exact) mass is 391 g/mol. The predicted molar refractivity (Wildman–Crippen MR) is 114 cm³/mol. The van der Waals surface area contributed by atoms with E-state index in [2.05, 4.69) is 42.1 Å². The van der Waals surface area contributed by atoms with Gasteiger partial charge in [0.2, 0.25) is 11.8 Å². The van der Waals surface area contributed by atoms with Crippen LogP contribution in [0, 0.1) is 0 Å². The smallest absolute Gasteiger partial charge is 0.232 e. The molecule has 29 heavy (non-hydrogen) atoms. The maximum atomic E-state index is 5.41. The first-order valence-electron chi connectivity index (χ1n) is 9.33. The Bertz CT molecular complexity index is 986. The molecule has 0 bridgehead atoms. The highest BCUT2D eigenvalue weighted by Crippen LogP contribution is 2.30. The van der Waals surface area contributed by atoms with Gasteiger partial charge in [-0.05, 0) is 39.0 Å². The molecule has 3 heterocycles. The molecule has 8 heteroatoms. The molecule has 0 unspecified atom stereocenters. The van der Waals surface area contributed by atoms with E-state index in [1.54, 1.807) is 31.8 Å². The number of nitrogens with zero attached hydrogens (tertiary/aromatic N) is 5. The van der Waals surface area contributed by atoms with Gasteiger partial charge < -0.3 is 15.4 Å². The minimum atomic E-state index is -0.424. The molecule has 0 aromatic carbocycles. The lowest BCUT2D eigenvalue weighted by atomic mass is 9.85. The molecule has 0 aliphatic heterocycles. The lowest BCUT2D eigenvalue weighted by Crippen LogP contribution is -2.26. The van der Waals surface area contributed by atoms with E-state index in [4.69, 9.17) is 4.74 Å². The summed E-state index contributed by atoms with van der Waals surface area (Å²) >= 11 is 0. The van der Waals surface area contributed by atoms with Gasteiger partial charge in [0.25, 0.3) is 0 Å². The number of nitrogens with one attached hydrogen (secondary N) is 2. The van der Waals surface area contributed by atoms with Crippen LogP contribution < -0.4 is 15.4 Å². The number of rotatable bonds is 8. The molecule has 0 aliphatic carbocycles. The van der Waals surface area contributed by atoms with Crippen molar-refractivity contribution in [3.8, 4) is 17.1 Å². The zero-order valence-electron chi connectivity index (χ0n) is 17.1. The van der Waals surface area contributed by atoms with E-state index >= 15 is 0 Å². The Balaban J connectivity index is 1.75. The molecule has 3 aromatic heterocycles. The van der Waals surface area contributed by atoms with E-state index in [1.807, 2.05) is 39.0 Å². The van der Waals surface area contributed by atoms with Crippen molar-refractivity contribution in [2.75, 3.05) is 24.3 Å². The number of allylic oxidation sites excluding steroid dienone is 1. The molecule has 0 fully saturated rings. The van der Waals surface area contributed by atoms with Crippen molar-refractivity contribution < 1.29 is 4.74 Å². The maximum Gasteiger partial charge on any atom is 0.232 e. The zero-order chi connectivity index (χ0) is 20.9. The number of anilines is 2. The number of hydrogen-bond acceptors (Lipinski definition) is 8. The highest BCUT2D eigenvalue weighted by atomic mass is 16.5. The van der Waals surface area contributed by atoms with E-state index in [0.29, 0.717) is 29.9 Å². The van der Waals surface area contributed by atoms with Gasteiger partial charge in [0.1, 0.15) is 5.82 Å². The van der Waals surface area contributed by atoms with E-state index in [-0.39, 0.29) is 0 Å². The Kier molecular flexibility index (Phi) is 6.01. The minimum Gasteiger partial charge on any atom is -0.477 e. The number of ether oxygens (including phenoxy) is 1. The van der Waals surface area contributed by atoms with Crippen LogP contribution in [0.15, 0.2) is 55.3 Å². The van der Waals surface area contributed by atoms with Crippen LogP contribution in [0.3, 0.4) is 0 Å². The maximum absolute atomic E-state index is 5.41. The fourth-order valence-corrected chi connectivity index (χ4v) is 2.62. The second-order valence-corrected chi connectivity index (χ2v) is 6.85. The Morgan fingerprint density at radius 1 is 1.10 bits per heavy atom. The molecule has 0 saturated heterocycles. The average molecular weight is 391 g/mol. The Labute approximate surface area is 170 Å². The van der Waals surface area contributed by atoms with Crippen LogP contribution in [-0.4, -0.2) is 38.6 Å². The fraction of sp³-hybridized carbons (Fsp3) is 0.286. The number of pyridine rings is 1. The van der Waals surface area contributed by atoms with E-state index in [0.717, 1.165) is 17.0 Å². The van der Waals surface area contributed by atoms with Gasteiger partial charge >= 0.3 is 0 Å². The molecular weight excluding hydrogens is 366 g/mol. The summed E-state index contributed by atoms with van der Waals surface area (Å²) in [5.41, 5.74) is 2.76. The van der Waals surface area contributed by atoms with Crippen molar-refractivity contribution in [3.05, 3.63) is 61.0 Å². The first-order chi connectivity index (χ1) is 13.9. The van der Waals surface area contributed by atoms with Crippen molar-refractivity contribution in [1.29, 1.82) is 0 Å². The van der Waals surface area contributed by atoms with Crippen LogP contribution in [0.2, 0.25) is 0 Å². The summed E-state index contributed by atoms with van der Waals surface area (Å²) in [7, 11) is 1.79. The minimum absolute atomic E-state index is 0.424. The van der Waals surface area contributed by atoms with Gasteiger partial charge in [0, 0.05) is 36.1 Å². The van der Waals surface area contributed by atoms with Crippen LogP contribution in [-0.2, 0) is 5.41 Å². The largest absolute Gasteiger partial charge is 0.477 e. The summed E-state index contributed by atoms with van der Waals surface area (Å²) in [5, 5.41) is 6.24. The third-order valence-electron chi connectivity index (χ3n) is 4.52. The van der Waals surface area contributed by atoms with Crippen LogP contribution >= 0.6 is 0 Å². The van der Waals surface area contributed by atoms with Crippen LogP contribution in [0.1, 0.15) is 26.5 Å². The lowest BCUT2D eigenvalue weighted by Gasteiger charge is -2.27. The van der Waals surface area contributed by atoms with Gasteiger partial charge in [-0.15, -0.1) is 0 Å². The highest BCUT2D eigenvalue weighted by molar-refractivity contribution is 5.60. The van der Waals surface area contributed by atoms with Crippen LogP contribution in [0.25, 0.3) is 11.3 Å². The van der Waals surface area contributed by atoms with Crippen molar-refractivity contribution in [2.45, 2.75) is 26.2 Å². The molecule has 0 saturated carbocycles. The second kappa shape index (κ2) is 8.64. The fourth-order valence-electron chi connectivity index (χ4n) is 2.62. The number of hydrogen-bond donors (Lipinski definition) is 2. The van der Waals surface area contributed by atoms with Gasteiger partial charge in [-0.3, -0.25) is 4.98 Å². The topological polar surface area (TPSA) is 97.7 Å². The van der Waals surface area contributed by atoms with Crippen LogP contribution in [0.5, 0.6) is 5.88 Å². The third kappa shape index (κ3) is 4.66. The predicted octanol–water partition coefficient (Wildman–Crippen LogP) is 3.67. The molecule has 0 aliphatic rings. The standard InChI is InChI=1S/C21H25N7O/c1-6-29-19-13-23-12-16(27-19)15-7-8-18(25-11-15)26-14(2)21(3,4)17-9-10-24-20(22-5)28-17/h7-13H,2,6H2,1,3-5H3,(H,25,26)(H,22,24,28). The molecule has 8 nitrogen and oxygen atoms in total. The molecule has 150 valence electrons. The van der Waals surface area contributed by atoms with Crippen molar-refractivity contribution in [1.82, 2.24) is 24.9 Å². The summed E-state index contributed by atoms with van der Waals surface area (Å²) in [6.45, 7) is 10.7. The SMILES string of the molecule is C=C(Nc1ccc(-c2cncc(OCC)n2)cn1)C(C)(C)c1ccnc(NC)n1. The molecule has 0 radical (unpaired) electrons. The van der Waals surface area contributed by atoms with Crippen molar-refractivity contribution >= 4 is 11.8 Å². The second-order valence-electron chi connectivity index (χ2n) is 6.85. The Morgan fingerprint density at radius 2 is 1.93 bits per heavy atom. The molecule has 0 atom stereocenters. The van der Waals surface area contributed by atoms with E-state index in [9.17, 15) is 0 Å². The summed E-state index contributed by atoms with van der Waals surface area (Å²) in [5.74, 6) is 1.75. The summed E-state index contributed by atoms with van der Waals surface area (Å²) in [6.07, 6.45) is 6.75. The first-order valence-corrected chi connectivity index (χ1v) is 9.33. The van der Waals surface area contributed by atoms with E-state index in [1.165, 1.54) is 0 Å². The first kappa shape index (κ1) is 20.2. The molecule has 3 aromatic rings. The Morgan fingerprint density at radius 3 is 2.62 bits per heavy atom. The lowest BCUT2D eigenvalue weighted by molar-refractivity contribution is 0.325. The molecule has 0 spiro atoms. The summed E-state index contributed by atoms with van der Waals surface area (Å²) in [6, 6.07) is 5.69. The molecule has 2 N–H and O–H groups in total. The van der Waals surface area contributed by atoms with Crippen molar-refractivity contribution in [3.63, 3.8) is 0 Å². The van der Waals surface area contributed by atoms with Gasteiger partial charge in [-0.25, -0.2) is 19.9 Å². The average Bonchev–Trinajstić information content (AvgIpc) is 2.74. The van der Waals surface area contributed by atoms with Gasteiger partial charge in [0.15, 0.2) is 0 Å². The number of aromatic nitrogens is 5. The van der Waals surface area contributed by atoms with E-state index < -0.39 is 5.41 Å². The normalized spacial score (nSPS) is 11.0. The van der Waals surface area contributed by atoms with Gasteiger partial charge in [-0.2, -0.15) is 0 Å². The molecular formula is C21H25N7O. The van der Waals surface area contributed by atoms with Crippen LogP contribution in [0.4, 0.5) is 11.8 Å². The zero-order valence-corrected chi connectivity index (χ0v) is 17.1. The van der Waals surface area contributed by atoms with Crippen molar-refractivity contribution in [2.24, 2.45) is 0 Å². The van der Waals surface area contributed by atoms with Gasteiger partial charge in [0.05, 0.1) is 30.4 Å². The summed E-state index contributed by atoms with van der Waals surface area (Å²) in [4.78, 5) is 21.8.